The molecule has 0 radical (unpaired) electrons. The van der Waals surface area contributed by atoms with Crippen molar-refractivity contribution in [1.29, 1.82) is 0 Å². The summed E-state index contributed by atoms with van der Waals surface area (Å²) in [4.78, 5) is 16.2. The van der Waals surface area contributed by atoms with Gasteiger partial charge in [0.2, 0.25) is 0 Å². The van der Waals surface area contributed by atoms with Crippen LogP contribution in [0.2, 0.25) is 0 Å². The quantitative estimate of drug-likeness (QED) is 0.514. The summed E-state index contributed by atoms with van der Waals surface area (Å²) in [7, 11) is 0. The second-order valence-corrected chi connectivity index (χ2v) is 0.0833. The molecule has 0 saturated heterocycles. The monoisotopic (exact) mass is 224 g/mol. The summed E-state index contributed by atoms with van der Waals surface area (Å²) in [6, 6.07) is 0. The largest absolute Gasteiger partial charge is 0.373 e. The number of carbonyl (C=O) groups excluding carboxylic acids is 2. The minimum absolute atomic E-state index is 0. The minimum atomic E-state index is 0. The zero-order chi connectivity index (χ0) is 2.71. The van der Waals surface area contributed by atoms with Crippen molar-refractivity contribution in [2.45, 2.75) is 0 Å². The van der Waals surface area contributed by atoms with Crippen molar-refractivity contribution in [3.8, 4) is 0 Å². The van der Waals surface area contributed by atoms with E-state index in [4.69, 9.17) is 9.59 Å². The summed E-state index contributed by atoms with van der Waals surface area (Å²) in [6.45, 7) is 0. The van der Waals surface area contributed by atoms with Gasteiger partial charge < -0.3 is 0 Å². The standard InChI is InChI=1S/CO2.Hf/c2-1-3;. The molecule has 0 fully saturated rings. The Bertz CT molecular complexity index is 27.0. The summed E-state index contributed by atoms with van der Waals surface area (Å²) in [5.74, 6) is 0. The van der Waals surface area contributed by atoms with Crippen LogP contribution in [0.15, 0.2) is 0 Å². The molecule has 2 nitrogen and oxygen atoms in total. The van der Waals surface area contributed by atoms with Crippen molar-refractivity contribution in [3.63, 3.8) is 0 Å². The Balaban J connectivity index is 0. The van der Waals surface area contributed by atoms with Gasteiger partial charge in [0.05, 0.1) is 0 Å². The first kappa shape index (κ1) is 8.87. The molecule has 0 aromatic rings. The molecule has 0 aliphatic rings. The van der Waals surface area contributed by atoms with Gasteiger partial charge in [-0.15, -0.1) is 0 Å². The molecule has 0 aromatic carbocycles. The summed E-state index contributed by atoms with van der Waals surface area (Å²) in [5, 5.41) is 0. The SMILES string of the molecule is O=C=O.[Hf]. The van der Waals surface area contributed by atoms with Crippen LogP contribution in [-0.2, 0) is 35.4 Å². The molecule has 0 rings (SSSR count). The third kappa shape index (κ3) is 56.2. The second-order valence-electron chi connectivity index (χ2n) is 0.0833. The molecule has 0 N–H and O–H groups in total. The van der Waals surface area contributed by atoms with Crippen molar-refractivity contribution in [3.05, 3.63) is 0 Å². The van der Waals surface area contributed by atoms with E-state index >= 15 is 0 Å². The Morgan fingerprint density at radius 1 is 1.25 bits per heavy atom. The van der Waals surface area contributed by atoms with Crippen LogP contribution in [0.5, 0.6) is 0 Å². The molecular formula is CHfO2. The predicted octanol–water partition coefficient (Wildman–Crippen LogP) is -0.586. The summed E-state index contributed by atoms with van der Waals surface area (Å²) >= 11 is 0. The summed E-state index contributed by atoms with van der Waals surface area (Å²) in [6.07, 6.45) is 0.250. The van der Waals surface area contributed by atoms with Crippen LogP contribution >= 0.6 is 0 Å². The first-order valence-corrected chi connectivity index (χ1v) is 0.408. The molecule has 3 heteroatoms. The van der Waals surface area contributed by atoms with E-state index in [1.54, 1.807) is 0 Å². The summed E-state index contributed by atoms with van der Waals surface area (Å²) in [5.41, 5.74) is 0. The molecule has 0 heterocycles. The zero-order valence-electron chi connectivity index (χ0n) is 1.82. The third-order valence-corrected chi connectivity index (χ3v) is 0. The number of hydrogen-bond donors (Lipinski definition) is 0. The molecule has 0 spiro atoms. The van der Waals surface area contributed by atoms with Gasteiger partial charge in [-0.05, 0) is 0 Å². The van der Waals surface area contributed by atoms with E-state index < -0.39 is 0 Å². The van der Waals surface area contributed by atoms with Crippen LogP contribution in [-0.4, -0.2) is 6.15 Å². The first-order chi connectivity index (χ1) is 1.41. The van der Waals surface area contributed by atoms with Crippen LogP contribution in [0, 0.1) is 0 Å². The van der Waals surface area contributed by atoms with Crippen molar-refractivity contribution >= 4 is 6.15 Å². The van der Waals surface area contributed by atoms with Gasteiger partial charge in [-0.25, -0.2) is 0 Å². The van der Waals surface area contributed by atoms with E-state index in [9.17, 15) is 0 Å². The maximum atomic E-state index is 8.12. The van der Waals surface area contributed by atoms with E-state index in [1.165, 1.54) is 0 Å². The van der Waals surface area contributed by atoms with Crippen LogP contribution in [0.4, 0.5) is 0 Å². The molecule has 0 saturated carbocycles. The van der Waals surface area contributed by atoms with Gasteiger partial charge in [-0.3, -0.25) is 0 Å². The van der Waals surface area contributed by atoms with E-state index in [-0.39, 0.29) is 32.0 Å². The predicted molar refractivity (Wildman–Crippen MR) is 5.01 cm³/mol. The molecule has 0 aromatic heterocycles. The minimum Gasteiger partial charge on any atom is -0.186 e. The number of hydrogen-bond acceptors (Lipinski definition) is 2. The van der Waals surface area contributed by atoms with Gasteiger partial charge in [-0.2, -0.15) is 9.59 Å². The van der Waals surface area contributed by atoms with Crippen molar-refractivity contribution < 1.29 is 35.4 Å². The Hall–Kier alpha value is 0.250. The fraction of sp³-hybridized carbons (Fsp3) is 0. The van der Waals surface area contributed by atoms with Gasteiger partial charge in [0.25, 0.3) is 0 Å². The molecule has 0 atom stereocenters. The smallest absolute Gasteiger partial charge is 0.186 e. The number of rotatable bonds is 0. The molecule has 0 aliphatic heterocycles. The van der Waals surface area contributed by atoms with Crippen molar-refractivity contribution in [2.24, 2.45) is 0 Å². The molecule has 0 unspecified atom stereocenters. The van der Waals surface area contributed by atoms with Crippen LogP contribution < -0.4 is 0 Å². The van der Waals surface area contributed by atoms with Crippen LogP contribution in [0.3, 0.4) is 0 Å². The third-order valence-electron chi connectivity index (χ3n) is 0. The van der Waals surface area contributed by atoms with Crippen molar-refractivity contribution in [2.75, 3.05) is 0 Å². The second kappa shape index (κ2) is 10.5. The van der Waals surface area contributed by atoms with Gasteiger partial charge in [0, 0.05) is 25.8 Å². The topological polar surface area (TPSA) is 34.1 Å². The van der Waals surface area contributed by atoms with E-state index in [1.807, 2.05) is 0 Å². The van der Waals surface area contributed by atoms with E-state index in [0.717, 1.165) is 0 Å². The Kier molecular flexibility index (Phi) is 23.3. The van der Waals surface area contributed by atoms with Gasteiger partial charge >= 0.3 is 6.15 Å². The summed E-state index contributed by atoms with van der Waals surface area (Å²) < 4.78 is 0. The Labute approximate surface area is 42.0 Å². The normalized spacial score (nSPS) is 2.00. The Morgan fingerprint density at radius 3 is 1.25 bits per heavy atom. The fourth-order valence-electron chi connectivity index (χ4n) is 0. The molecule has 0 bridgehead atoms. The van der Waals surface area contributed by atoms with Crippen LogP contribution in [0.25, 0.3) is 0 Å². The first-order valence-electron chi connectivity index (χ1n) is 0.408. The van der Waals surface area contributed by atoms with Gasteiger partial charge in [0.15, 0.2) is 0 Å². The van der Waals surface area contributed by atoms with Crippen LogP contribution in [0.1, 0.15) is 0 Å². The fourth-order valence-corrected chi connectivity index (χ4v) is 0. The maximum absolute atomic E-state index is 8.12. The maximum Gasteiger partial charge on any atom is 0.373 e. The van der Waals surface area contributed by atoms with Gasteiger partial charge in [-0.1, -0.05) is 0 Å². The molecule has 4 heavy (non-hydrogen) atoms. The zero-order valence-corrected chi connectivity index (χ0v) is 5.41. The van der Waals surface area contributed by atoms with E-state index in [2.05, 4.69) is 0 Å². The molecule has 0 aliphatic carbocycles. The molecule has 20 valence electrons. The molecule has 0 amide bonds. The molecular weight excluding hydrogens is 222 g/mol. The van der Waals surface area contributed by atoms with Gasteiger partial charge in [0.1, 0.15) is 0 Å². The van der Waals surface area contributed by atoms with E-state index in [0.29, 0.717) is 0 Å². The average molecular weight is 222 g/mol. The van der Waals surface area contributed by atoms with Crippen molar-refractivity contribution in [1.82, 2.24) is 0 Å². The average Bonchev–Trinajstić information content (AvgIpc) is 0.918. The Morgan fingerprint density at radius 2 is 1.25 bits per heavy atom.